The summed E-state index contributed by atoms with van der Waals surface area (Å²) in [6, 6.07) is 20.8. The first-order chi connectivity index (χ1) is 31.0. The number of ether oxygens (including phenoxy) is 4. The summed E-state index contributed by atoms with van der Waals surface area (Å²) in [6.07, 6.45) is 15.7. The lowest BCUT2D eigenvalue weighted by molar-refractivity contribution is 0.314. The average Bonchev–Trinajstić information content (AvgIpc) is 3.72. The van der Waals surface area contributed by atoms with Crippen LogP contribution < -0.4 is 18.9 Å². The second-order valence-electron chi connectivity index (χ2n) is 12.9. The number of rotatable bonds is 6. The summed E-state index contributed by atoms with van der Waals surface area (Å²) in [6.45, 7) is 7.60. The topological polar surface area (TPSA) is 36.9 Å². The van der Waals surface area contributed by atoms with Gasteiger partial charge in [-0.05, 0) is 191 Å². The zero-order valence-corrected chi connectivity index (χ0v) is 34.5. The van der Waals surface area contributed by atoms with Crippen LogP contribution >= 0.6 is 0 Å². The maximum Gasteiger partial charge on any atom is 0.184 e. The molecule has 4 heteroatoms. The van der Waals surface area contributed by atoms with E-state index < -0.39 is 5.41 Å². The smallest absolute Gasteiger partial charge is 0.184 e. The first-order valence-electron chi connectivity index (χ1n) is 18.9. The van der Waals surface area contributed by atoms with Crippen molar-refractivity contribution in [1.82, 2.24) is 0 Å². The second kappa shape index (κ2) is 21.1. The Morgan fingerprint density at radius 1 is 0.413 bits per heavy atom. The molecule has 2 aliphatic rings. The highest BCUT2D eigenvalue weighted by Gasteiger charge is 2.53. The molecule has 0 saturated heterocycles. The Hall–Kier alpha value is -10.1. The molecule has 63 heavy (non-hydrogen) atoms. The van der Waals surface area contributed by atoms with Crippen molar-refractivity contribution in [2.45, 2.75) is 33.1 Å². The highest BCUT2D eigenvalue weighted by molar-refractivity contribution is 5.97. The SMILES string of the molecule is C#CC#CC#CC#COc1cc2c(cc1OC#CC#CC#CC#C)C1(c3cc(C)ccc3-c3ccc(C)cc31)c1cc(OCC#CC#CC#CC)c(OCC#CC#CC#CC)cc1-2. The molecule has 0 heterocycles. The first-order valence-corrected chi connectivity index (χ1v) is 18.9. The van der Waals surface area contributed by atoms with Crippen LogP contribution in [0.15, 0.2) is 60.7 Å². The van der Waals surface area contributed by atoms with Gasteiger partial charge in [0.15, 0.2) is 23.0 Å². The molecule has 0 amide bonds. The van der Waals surface area contributed by atoms with Crippen molar-refractivity contribution >= 4 is 0 Å². The van der Waals surface area contributed by atoms with Crippen LogP contribution in [0.4, 0.5) is 0 Å². The van der Waals surface area contributed by atoms with E-state index in [1.54, 1.807) is 13.8 Å². The molecule has 4 aromatic carbocycles. The Morgan fingerprint density at radius 3 is 1.29 bits per heavy atom. The van der Waals surface area contributed by atoms with Crippen LogP contribution in [0.2, 0.25) is 0 Å². The van der Waals surface area contributed by atoms with Crippen LogP contribution in [-0.4, -0.2) is 13.2 Å². The van der Waals surface area contributed by atoms with Crippen LogP contribution in [0.3, 0.4) is 0 Å². The van der Waals surface area contributed by atoms with Gasteiger partial charge in [0.25, 0.3) is 0 Å². The zero-order valence-electron chi connectivity index (χ0n) is 34.5. The van der Waals surface area contributed by atoms with Gasteiger partial charge >= 0.3 is 0 Å². The lowest BCUT2D eigenvalue weighted by Gasteiger charge is -2.31. The summed E-state index contributed by atoms with van der Waals surface area (Å²) in [5.41, 5.74) is 9.07. The van der Waals surface area contributed by atoms with Gasteiger partial charge in [0.05, 0.1) is 5.41 Å². The van der Waals surface area contributed by atoms with E-state index in [0.717, 1.165) is 55.6 Å². The lowest BCUT2D eigenvalue weighted by Crippen LogP contribution is -2.26. The van der Waals surface area contributed by atoms with Crippen molar-refractivity contribution in [2.75, 3.05) is 13.2 Å². The van der Waals surface area contributed by atoms with Crippen molar-refractivity contribution in [3.8, 4) is 212 Å². The molecule has 0 bridgehead atoms. The molecule has 0 radical (unpaired) electrons. The number of aryl methyl sites for hydroxylation is 2. The van der Waals surface area contributed by atoms with E-state index in [2.05, 4.69) is 205 Å². The molecule has 0 atom stereocenters. The van der Waals surface area contributed by atoms with E-state index in [-0.39, 0.29) is 24.7 Å². The highest BCUT2D eigenvalue weighted by atomic mass is 16.5. The molecule has 288 valence electrons. The molecule has 0 unspecified atom stereocenters. The third-order valence-electron chi connectivity index (χ3n) is 9.18. The number of hydrogen-bond donors (Lipinski definition) is 0. The van der Waals surface area contributed by atoms with E-state index in [1.165, 1.54) is 0 Å². The Morgan fingerprint density at radius 2 is 0.794 bits per heavy atom. The molecular formula is C59H28O4. The van der Waals surface area contributed by atoms with Crippen molar-refractivity contribution in [1.29, 1.82) is 0 Å². The summed E-state index contributed by atoms with van der Waals surface area (Å²) in [7, 11) is 0. The van der Waals surface area contributed by atoms with E-state index in [9.17, 15) is 0 Å². The van der Waals surface area contributed by atoms with Gasteiger partial charge in [-0.3, -0.25) is 0 Å². The Balaban J connectivity index is 1.64. The molecule has 1 spiro atoms. The molecule has 6 rings (SSSR count). The quantitative estimate of drug-likeness (QED) is 0.165. The van der Waals surface area contributed by atoms with Gasteiger partial charge in [-0.2, -0.15) is 0 Å². The van der Waals surface area contributed by atoms with Gasteiger partial charge in [-0.25, -0.2) is 0 Å². The van der Waals surface area contributed by atoms with E-state index in [1.807, 2.05) is 24.3 Å². The van der Waals surface area contributed by atoms with Gasteiger partial charge in [-0.1, -0.05) is 59.4 Å². The lowest BCUT2D eigenvalue weighted by atomic mass is 9.70. The van der Waals surface area contributed by atoms with Crippen molar-refractivity contribution in [2.24, 2.45) is 0 Å². The zero-order chi connectivity index (χ0) is 44.3. The van der Waals surface area contributed by atoms with Crippen LogP contribution in [0.25, 0.3) is 22.3 Å². The maximum absolute atomic E-state index is 6.40. The van der Waals surface area contributed by atoms with Gasteiger partial charge in [-0.15, -0.1) is 12.8 Å². The van der Waals surface area contributed by atoms with Gasteiger partial charge in [0, 0.05) is 35.5 Å². The Labute approximate surface area is 370 Å². The number of terminal acetylenes is 2. The second-order valence-corrected chi connectivity index (χ2v) is 12.9. The minimum atomic E-state index is -0.878. The fourth-order valence-electron chi connectivity index (χ4n) is 6.96. The van der Waals surface area contributed by atoms with Crippen LogP contribution in [0, 0.1) is 181 Å². The standard InChI is InChI=1S/C59H28O4/c1-7-11-15-19-23-27-35-60-55-41-49-50-42-56(61-36-28-24-20-16-12-8-2)58(63-38-30-26-22-18-14-10-4)44-54(50)59(53(49)43-57(55)62-37-29-25-21-17-13-9-3)51-39-45(5)31-33-47(51)48-34-32-46(6)40-52(48)59/h1,3,31-34,39-44H,36,38H2,2,4-6H3. The average molecular weight is 801 g/mol. The van der Waals surface area contributed by atoms with Crippen LogP contribution in [0.5, 0.6) is 23.0 Å². The minimum absolute atomic E-state index is 0.0115. The predicted molar refractivity (Wildman–Crippen MR) is 247 cm³/mol. The Bertz CT molecular complexity index is 3440. The first kappa shape index (κ1) is 42.5. The van der Waals surface area contributed by atoms with Crippen molar-refractivity contribution in [3.63, 3.8) is 0 Å². The molecule has 0 aliphatic heterocycles. The largest absolute Gasteiger partial charge is 0.477 e. The molecule has 4 aromatic rings. The third kappa shape index (κ3) is 9.63. The fraction of sp³-hybridized carbons (Fsp3) is 0.119. The third-order valence-corrected chi connectivity index (χ3v) is 9.18. The molecule has 2 aliphatic carbocycles. The predicted octanol–water partition coefficient (Wildman–Crippen LogP) is 7.42. The number of fused-ring (bicyclic) bond motifs is 10. The summed E-state index contributed by atoms with van der Waals surface area (Å²) in [4.78, 5) is 0. The van der Waals surface area contributed by atoms with Gasteiger partial charge in [0.2, 0.25) is 0 Å². The normalized spacial score (nSPS) is 9.56. The van der Waals surface area contributed by atoms with Crippen LogP contribution in [-0.2, 0) is 5.41 Å². The fourth-order valence-corrected chi connectivity index (χ4v) is 6.96. The summed E-state index contributed by atoms with van der Waals surface area (Å²) in [5, 5.41) is 0. The number of hydrogen-bond acceptors (Lipinski definition) is 4. The molecule has 0 fully saturated rings. The summed E-state index contributed by atoms with van der Waals surface area (Å²) in [5.74, 6) is 64.5. The summed E-state index contributed by atoms with van der Waals surface area (Å²) < 4.78 is 24.9. The maximum atomic E-state index is 6.40. The monoisotopic (exact) mass is 800 g/mol. The van der Waals surface area contributed by atoms with Gasteiger partial charge < -0.3 is 18.9 Å². The molecule has 0 N–H and O–H groups in total. The Kier molecular flexibility index (Phi) is 14.2. The number of benzene rings is 4. The van der Waals surface area contributed by atoms with E-state index in [0.29, 0.717) is 11.5 Å². The van der Waals surface area contributed by atoms with E-state index >= 15 is 0 Å². The molecule has 0 aromatic heterocycles. The van der Waals surface area contributed by atoms with Gasteiger partial charge in [0.1, 0.15) is 25.4 Å². The minimum Gasteiger partial charge on any atom is -0.477 e. The van der Waals surface area contributed by atoms with Crippen molar-refractivity contribution < 1.29 is 18.9 Å². The van der Waals surface area contributed by atoms with Crippen LogP contribution in [0.1, 0.15) is 47.2 Å². The molecule has 4 nitrogen and oxygen atoms in total. The van der Waals surface area contributed by atoms with Crippen molar-refractivity contribution in [3.05, 3.63) is 94.0 Å². The summed E-state index contributed by atoms with van der Waals surface area (Å²) >= 11 is 0. The van der Waals surface area contributed by atoms with E-state index in [4.69, 9.17) is 31.8 Å². The molecular weight excluding hydrogens is 773 g/mol. The highest BCUT2D eigenvalue weighted by Crippen LogP contribution is 2.65. The molecule has 0 saturated carbocycles.